The summed E-state index contributed by atoms with van der Waals surface area (Å²) in [6.45, 7) is 14.2. The quantitative estimate of drug-likeness (QED) is 0.183. The van der Waals surface area contributed by atoms with Crippen LogP contribution in [0.5, 0.6) is 0 Å². The monoisotopic (exact) mass is 316 g/mol. The Hall–Kier alpha value is -0.205. The van der Waals surface area contributed by atoms with Gasteiger partial charge in [0.2, 0.25) is 0 Å². The highest BCUT2D eigenvalue weighted by molar-refractivity contribution is 6.31. The summed E-state index contributed by atoms with van der Waals surface area (Å²) in [7, 11) is -6.50. The summed E-state index contributed by atoms with van der Waals surface area (Å²) in [5.74, 6) is 0. The molecule has 0 aromatic carbocycles. The van der Waals surface area contributed by atoms with Crippen molar-refractivity contribution in [2.24, 2.45) is 0 Å². The number of nitrogens with zero attached hydrogens (tertiary/aromatic N) is 1. The predicted molar refractivity (Wildman–Crippen MR) is 79.7 cm³/mol. The third-order valence-electron chi connectivity index (χ3n) is 2.68. The summed E-state index contributed by atoms with van der Waals surface area (Å²) in [6, 6.07) is 0. The van der Waals surface area contributed by atoms with E-state index in [-0.39, 0.29) is 0 Å². The Kier molecular flexibility index (Phi) is 27.2. The average molecular weight is 316 g/mol. The normalized spacial score (nSPS) is 9.00. The minimum Gasteiger partial charge on any atom is -0.402 e. The van der Waals surface area contributed by atoms with E-state index in [4.69, 9.17) is 45.2 Å². The van der Waals surface area contributed by atoms with Gasteiger partial charge in [0, 0.05) is 0 Å². The molecule has 0 atom stereocenters. The summed E-state index contributed by atoms with van der Waals surface area (Å²) < 4.78 is 1.28. The number of quaternary nitrogens is 1. The maximum atomic E-state index is 7.17. The summed E-state index contributed by atoms with van der Waals surface area (Å²) >= 11 is 0. The van der Waals surface area contributed by atoms with E-state index in [2.05, 4.69) is 27.7 Å². The van der Waals surface area contributed by atoms with Gasteiger partial charge in [-0.1, -0.05) is 0 Å². The molecule has 0 radical (unpaired) electrons. The molecule has 21 heavy (non-hydrogen) atoms. The minimum atomic E-state index is -2.17. The molecule has 0 amide bonds. The van der Waals surface area contributed by atoms with Crippen LogP contribution < -0.4 is 0 Å². The Morgan fingerprint density at radius 1 is 0.476 bits per heavy atom. The van der Waals surface area contributed by atoms with Crippen LogP contribution in [0.1, 0.15) is 27.7 Å². The van der Waals surface area contributed by atoms with Crippen molar-refractivity contribution in [1.29, 1.82) is 0 Å². The third kappa shape index (κ3) is 45.1. The zero-order valence-electron chi connectivity index (χ0n) is 13.0. The van der Waals surface area contributed by atoms with Crippen LogP contribution in [0, 0.1) is 0 Å². The first-order valence-electron chi connectivity index (χ1n) is 6.42. The van der Waals surface area contributed by atoms with E-state index in [0.717, 1.165) is 0 Å². The molecule has 0 saturated heterocycles. The highest BCUT2D eigenvalue weighted by atomic mass is 16.5. The maximum absolute atomic E-state index is 7.17. The Balaban J connectivity index is -0.000000102. The molecule has 0 aliphatic heterocycles. The fraction of sp³-hybridized carbons (Fsp3) is 1.00. The molecule has 0 rings (SSSR count). The number of hydrogen-bond donors (Lipinski definition) is 9. The van der Waals surface area contributed by atoms with Gasteiger partial charge in [-0.3, -0.25) is 0 Å². The molecule has 0 aliphatic rings. The smallest absolute Gasteiger partial charge is 0.402 e. The molecule has 10 nitrogen and oxygen atoms in total. The molecule has 128 valence electrons. The van der Waals surface area contributed by atoms with Crippen molar-refractivity contribution in [2.75, 3.05) is 26.2 Å². The van der Waals surface area contributed by atoms with Crippen molar-refractivity contribution in [3.8, 4) is 0 Å². The SMILES string of the molecule is CC[N+](CC)(CC)CC.OB(O)O.OB(O)O.OB(O)O. The Morgan fingerprint density at radius 2 is 0.571 bits per heavy atom. The van der Waals surface area contributed by atoms with Gasteiger partial charge in [-0.05, 0) is 27.7 Å². The lowest BCUT2D eigenvalue weighted by molar-refractivity contribution is -0.921. The highest BCUT2D eigenvalue weighted by Crippen LogP contribution is 2.03. The van der Waals surface area contributed by atoms with Gasteiger partial charge in [-0.15, -0.1) is 0 Å². The molecular weight excluding hydrogens is 287 g/mol. The molecule has 0 spiro atoms. The van der Waals surface area contributed by atoms with Crippen LogP contribution in [0.4, 0.5) is 0 Å². The van der Waals surface area contributed by atoms with Crippen molar-refractivity contribution < 1.29 is 49.7 Å². The summed E-state index contributed by atoms with van der Waals surface area (Å²) in [5.41, 5.74) is 0. The fourth-order valence-corrected chi connectivity index (χ4v) is 1.34. The number of hydrogen-bond acceptors (Lipinski definition) is 9. The van der Waals surface area contributed by atoms with E-state index in [1.54, 1.807) is 0 Å². The van der Waals surface area contributed by atoms with E-state index in [1.165, 1.54) is 30.7 Å². The topological polar surface area (TPSA) is 182 Å². The van der Waals surface area contributed by atoms with Crippen LogP contribution in [0.15, 0.2) is 0 Å². The second-order valence-electron chi connectivity index (χ2n) is 3.65. The molecule has 0 heterocycles. The standard InChI is InChI=1S/C8H20N.3BH3O3/c1-5-9(6-2,7-3)8-4;3*2-1(3)4/h5-8H2,1-4H3;3*2-4H/q+1;;;. The van der Waals surface area contributed by atoms with E-state index < -0.39 is 22.0 Å². The molecule has 0 fully saturated rings. The number of rotatable bonds is 4. The molecule has 9 N–H and O–H groups in total. The first kappa shape index (κ1) is 28.9. The second kappa shape index (κ2) is 19.8. The van der Waals surface area contributed by atoms with E-state index >= 15 is 0 Å². The van der Waals surface area contributed by atoms with E-state index in [0.29, 0.717) is 0 Å². The summed E-state index contributed by atoms with van der Waals surface area (Å²) in [5, 5.41) is 64.5. The van der Waals surface area contributed by atoms with Gasteiger partial charge in [0.05, 0.1) is 26.2 Å². The van der Waals surface area contributed by atoms with Gasteiger partial charge in [0.1, 0.15) is 0 Å². The maximum Gasteiger partial charge on any atom is 0.631 e. The van der Waals surface area contributed by atoms with Gasteiger partial charge in [-0.25, -0.2) is 0 Å². The molecule has 0 bridgehead atoms. The van der Waals surface area contributed by atoms with Crippen LogP contribution in [-0.2, 0) is 0 Å². The van der Waals surface area contributed by atoms with Gasteiger partial charge < -0.3 is 49.7 Å². The lowest BCUT2D eigenvalue weighted by Crippen LogP contribution is -2.47. The zero-order chi connectivity index (χ0) is 18.1. The summed E-state index contributed by atoms with van der Waals surface area (Å²) in [6.07, 6.45) is 0. The molecule has 0 aliphatic carbocycles. The lowest BCUT2D eigenvalue weighted by Gasteiger charge is -2.34. The third-order valence-corrected chi connectivity index (χ3v) is 2.68. The Morgan fingerprint density at radius 3 is 0.571 bits per heavy atom. The van der Waals surface area contributed by atoms with E-state index in [9.17, 15) is 0 Å². The van der Waals surface area contributed by atoms with Crippen LogP contribution in [0.3, 0.4) is 0 Å². The molecular formula is C8H29B3NO9+. The average Bonchev–Trinajstić information content (AvgIpc) is 2.30. The highest BCUT2D eigenvalue weighted by Gasteiger charge is 2.16. The molecule has 0 saturated carbocycles. The van der Waals surface area contributed by atoms with Crippen molar-refractivity contribution in [2.45, 2.75) is 27.7 Å². The van der Waals surface area contributed by atoms with Crippen molar-refractivity contribution in [3.05, 3.63) is 0 Å². The fourth-order valence-electron chi connectivity index (χ4n) is 1.34. The van der Waals surface area contributed by atoms with Crippen LogP contribution >= 0.6 is 0 Å². The first-order valence-corrected chi connectivity index (χ1v) is 6.42. The molecule has 0 unspecified atom stereocenters. The van der Waals surface area contributed by atoms with E-state index in [1.807, 2.05) is 0 Å². The van der Waals surface area contributed by atoms with Crippen LogP contribution in [-0.4, -0.2) is 97.8 Å². The Labute approximate surface area is 126 Å². The predicted octanol–water partition coefficient (Wildman–Crippen LogP) is -4.27. The van der Waals surface area contributed by atoms with Gasteiger partial charge in [-0.2, -0.15) is 0 Å². The molecule has 13 heteroatoms. The minimum absolute atomic E-state index is 1.28. The van der Waals surface area contributed by atoms with Crippen LogP contribution in [0.25, 0.3) is 0 Å². The summed E-state index contributed by atoms with van der Waals surface area (Å²) in [4.78, 5) is 0. The van der Waals surface area contributed by atoms with Crippen molar-refractivity contribution in [3.63, 3.8) is 0 Å². The van der Waals surface area contributed by atoms with Crippen molar-refractivity contribution >= 4 is 22.0 Å². The van der Waals surface area contributed by atoms with Crippen molar-refractivity contribution in [1.82, 2.24) is 0 Å². The van der Waals surface area contributed by atoms with Gasteiger partial charge in [0.25, 0.3) is 0 Å². The van der Waals surface area contributed by atoms with Crippen LogP contribution in [0.2, 0.25) is 0 Å². The van der Waals surface area contributed by atoms with Gasteiger partial charge in [0.15, 0.2) is 0 Å². The molecule has 0 aromatic rings. The lowest BCUT2D eigenvalue weighted by atomic mass is 10.3. The largest absolute Gasteiger partial charge is 0.631 e. The Bertz CT molecular complexity index is 144. The van der Waals surface area contributed by atoms with Gasteiger partial charge >= 0.3 is 22.0 Å². The second-order valence-corrected chi connectivity index (χ2v) is 3.65. The first-order chi connectivity index (χ1) is 9.44. The zero-order valence-corrected chi connectivity index (χ0v) is 13.0. The molecule has 0 aromatic heterocycles.